The quantitative estimate of drug-likeness (QED) is 0.876. The summed E-state index contributed by atoms with van der Waals surface area (Å²) < 4.78 is 11.3. The van der Waals surface area contributed by atoms with Gasteiger partial charge in [-0.3, -0.25) is 4.90 Å². The fraction of sp³-hybridized carbons (Fsp3) is 0.667. The first-order valence-corrected chi connectivity index (χ1v) is 8.33. The van der Waals surface area contributed by atoms with Crippen molar-refractivity contribution in [1.29, 1.82) is 0 Å². The van der Waals surface area contributed by atoms with Gasteiger partial charge in [-0.05, 0) is 56.8 Å². The maximum absolute atomic E-state index is 6.08. The Labute approximate surface area is 134 Å². The second kappa shape index (κ2) is 7.84. The summed E-state index contributed by atoms with van der Waals surface area (Å²) in [4.78, 5) is 2.51. The van der Waals surface area contributed by atoms with Gasteiger partial charge in [-0.1, -0.05) is 13.0 Å². The van der Waals surface area contributed by atoms with Gasteiger partial charge < -0.3 is 15.2 Å². The first-order chi connectivity index (χ1) is 10.5. The largest absolute Gasteiger partial charge is 0.493 e. The molecule has 1 aromatic rings. The van der Waals surface area contributed by atoms with Crippen molar-refractivity contribution in [3.05, 3.63) is 23.8 Å². The highest BCUT2D eigenvalue weighted by Gasteiger charge is 2.25. The van der Waals surface area contributed by atoms with E-state index < -0.39 is 0 Å². The third-order valence-electron chi connectivity index (χ3n) is 4.29. The predicted molar refractivity (Wildman–Crippen MR) is 90.5 cm³/mol. The van der Waals surface area contributed by atoms with Crippen molar-refractivity contribution in [2.75, 3.05) is 26.7 Å². The van der Waals surface area contributed by atoms with E-state index in [0.717, 1.165) is 30.5 Å². The Morgan fingerprint density at radius 3 is 2.68 bits per heavy atom. The Morgan fingerprint density at radius 1 is 1.32 bits per heavy atom. The van der Waals surface area contributed by atoms with Crippen LogP contribution in [0.5, 0.6) is 11.5 Å². The lowest BCUT2D eigenvalue weighted by molar-refractivity contribution is 0.133. The summed E-state index contributed by atoms with van der Waals surface area (Å²) in [5.74, 6) is 2.33. The summed E-state index contributed by atoms with van der Waals surface area (Å²) in [5, 5.41) is 0. The molecular weight excluding hydrogens is 276 g/mol. The van der Waals surface area contributed by atoms with Crippen molar-refractivity contribution in [1.82, 2.24) is 4.90 Å². The molecule has 0 aliphatic carbocycles. The predicted octanol–water partition coefficient (Wildman–Crippen LogP) is 3.21. The third kappa shape index (κ3) is 4.14. The topological polar surface area (TPSA) is 47.7 Å². The van der Waals surface area contributed by atoms with Gasteiger partial charge in [0.2, 0.25) is 0 Å². The van der Waals surface area contributed by atoms with Gasteiger partial charge in [0.1, 0.15) is 0 Å². The van der Waals surface area contributed by atoms with Crippen molar-refractivity contribution in [2.24, 2.45) is 11.7 Å². The zero-order valence-electron chi connectivity index (χ0n) is 14.3. The van der Waals surface area contributed by atoms with Gasteiger partial charge in [0.25, 0.3) is 0 Å². The molecule has 0 amide bonds. The van der Waals surface area contributed by atoms with Crippen LogP contribution in [0.2, 0.25) is 0 Å². The fourth-order valence-corrected chi connectivity index (χ4v) is 3.25. The lowest BCUT2D eigenvalue weighted by Crippen LogP contribution is -2.40. The average molecular weight is 306 g/mol. The molecule has 2 atom stereocenters. The van der Waals surface area contributed by atoms with Crippen LogP contribution in [0, 0.1) is 5.92 Å². The van der Waals surface area contributed by atoms with E-state index >= 15 is 0 Å². The molecule has 4 nitrogen and oxygen atoms in total. The molecule has 0 spiro atoms. The summed E-state index contributed by atoms with van der Waals surface area (Å²) in [6.45, 7) is 9.23. The van der Waals surface area contributed by atoms with Crippen LogP contribution in [-0.2, 0) is 0 Å². The second-order valence-electron chi connectivity index (χ2n) is 6.57. The Hall–Kier alpha value is -1.26. The van der Waals surface area contributed by atoms with Crippen LogP contribution in [0.25, 0.3) is 0 Å². The van der Waals surface area contributed by atoms with E-state index in [2.05, 4.69) is 24.0 Å². The molecule has 1 aliphatic heterocycles. The summed E-state index contributed by atoms with van der Waals surface area (Å²) >= 11 is 0. The number of likely N-dealkylation sites (tertiary alicyclic amines) is 1. The van der Waals surface area contributed by atoms with Crippen LogP contribution in [-0.4, -0.2) is 37.7 Å². The molecule has 4 heteroatoms. The normalized spacial score (nSPS) is 20.9. The van der Waals surface area contributed by atoms with Gasteiger partial charge in [0.05, 0.1) is 13.2 Å². The van der Waals surface area contributed by atoms with Gasteiger partial charge in [-0.15, -0.1) is 0 Å². The average Bonchev–Trinajstić information content (AvgIpc) is 2.49. The molecule has 1 aliphatic rings. The molecule has 1 heterocycles. The van der Waals surface area contributed by atoms with E-state index in [4.69, 9.17) is 15.2 Å². The highest BCUT2D eigenvalue weighted by molar-refractivity contribution is 5.44. The highest BCUT2D eigenvalue weighted by Crippen LogP contribution is 2.33. The smallest absolute Gasteiger partial charge is 0.161 e. The van der Waals surface area contributed by atoms with E-state index in [1.54, 1.807) is 7.11 Å². The molecule has 0 saturated carbocycles. The number of benzene rings is 1. The zero-order valence-corrected chi connectivity index (χ0v) is 14.3. The zero-order chi connectivity index (χ0) is 16.1. The van der Waals surface area contributed by atoms with Gasteiger partial charge in [-0.2, -0.15) is 0 Å². The maximum atomic E-state index is 6.08. The first-order valence-electron chi connectivity index (χ1n) is 8.33. The molecular formula is C18H30N2O2. The number of hydrogen-bond donors (Lipinski definition) is 1. The summed E-state index contributed by atoms with van der Waals surface area (Å²) in [6, 6.07) is 6.46. The summed E-state index contributed by atoms with van der Waals surface area (Å²) in [5.41, 5.74) is 7.29. The minimum atomic E-state index is 0.132. The Kier molecular flexibility index (Phi) is 6.09. The van der Waals surface area contributed by atoms with Crippen LogP contribution in [0.15, 0.2) is 18.2 Å². The van der Waals surface area contributed by atoms with Gasteiger partial charge in [0.15, 0.2) is 11.5 Å². The van der Waals surface area contributed by atoms with Crippen LogP contribution >= 0.6 is 0 Å². The molecule has 124 valence electrons. The molecule has 1 saturated heterocycles. The number of piperidine rings is 1. The van der Waals surface area contributed by atoms with Crippen LogP contribution in [0.3, 0.4) is 0 Å². The van der Waals surface area contributed by atoms with Crippen molar-refractivity contribution in [2.45, 2.75) is 45.8 Å². The lowest BCUT2D eigenvalue weighted by Gasteiger charge is -2.37. The monoisotopic (exact) mass is 306 g/mol. The number of ether oxygens (including phenoxy) is 2. The molecule has 1 fully saturated rings. The van der Waals surface area contributed by atoms with Gasteiger partial charge >= 0.3 is 0 Å². The lowest BCUT2D eigenvalue weighted by atomic mass is 9.96. The van der Waals surface area contributed by atoms with Crippen LogP contribution in [0.4, 0.5) is 0 Å². The van der Waals surface area contributed by atoms with Crippen molar-refractivity contribution >= 4 is 0 Å². The number of hydrogen-bond acceptors (Lipinski definition) is 4. The van der Waals surface area contributed by atoms with Gasteiger partial charge in [-0.25, -0.2) is 0 Å². The molecule has 1 aromatic carbocycles. The highest BCUT2D eigenvalue weighted by atomic mass is 16.5. The first kappa shape index (κ1) is 17.1. The minimum Gasteiger partial charge on any atom is -0.493 e. The van der Waals surface area contributed by atoms with E-state index in [9.17, 15) is 0 Å². The standard InChI is InChI=1S/C18H30N2O2/c1-13(2)22-17-8-7-15(10-18(17)21-4)16(11-19)20-9-5-6-14(3)12-20/h7-8,10,13-14,16H,5-6,9,11-12,19H2,1-4H3. The minimum absolute atomic E-state index is 0.132. The number of nitrogens with two attached hydrogens (primary N) is 1. The number of rotatable bonds is 6. The second-order valence-corrected chi connectivity index (χ2v) is 6.57. The third-order valence-corrected chi connectivity index (χ3v) is 4.29. The maximum Gasteiger partial charge on any atom is 0.161 e. The fourth-order valence-electron chi connectivity index (χ4n) is 3.25. The molecule has 0 bridgehead atoms. The van der Waals surface area contributed by atoms with E-state index in [0.29, 0.717) is 6.54 Å². The van der Waals surface area contributed by atoms with Crippen LogP contribution < -0.4 is 15.2 Å². The molecule has 0 radical (unpaired) electrons. The molecule has 0 aromatic heterocycles. The van der Waals surface area contributed by atoms with Crippen LogP contribution in [0.1, 0.15) is 45.2 Å². The Balaban J connectivity index is 2.21. The van der Waals surface area contributed by atoms with Gasteiger partial charge in [0, 0.05) is 19.1 Å². The molecule has 22 heavy (non-hydrogen) atoms. The van der Waals surface area contributed by atoms with Crippen molar-refractivity contribution < 1.29 is 9.47 Å². The molecule has 2 unspecified atom stereocenters. The van der Waals surface area contributed by atoms with Crippen molar-refractivity contribution in [3.63, 3.8) is 0 Å². The molecule has 2 N–H and O–H groups in total. The summed E-state index contributed by atoms with van der Waals surface area (Å²) in [7, 11) is 1.69. The van der Waals surface area contributed by atoms with E-state index in [1.807, 2.05) is 19.9 Å². The SMILES string of the molecule is COc1cc(C(CN)N2CCCC(C)C2)ccc1OC(C)C. The van der Waals surface area contributed by atoms with E-state index in [-0.39, 0.29) is 12.1 Å². The molecule has 2 rings (SSSR count). The van der Waals surface area contributed by atoms with Crippen molar-refractivity contribution in [3.8, 4) is 11.5 Å². The number of nitrogens with zero attached hydrogens (tertiary/aromatic N) is 1. The number of methoxy groups -OCH3 is 1. The van der Waals surface area contributed by atoms with E-state index in [1.165, 1.54) is 18.4 Å². The summed E-state index contributed by atoms with van der Waals surface area (Å²) in [6.07, 6.45) is 2.70. The Bertz CT molecular complexity index is 476. The Morgan fingerprint density at radius 2 is 2.09 bits per heavy atom.